The molecule has 3 heteroatoms. The Kier molecular flexibility index (Phi) is 4.95. The maximum atomic E-state index is 6.33. The van der Waals surface area contributed by atoms with E-state index in [2.05, 4.69) is 144 Å². The van der Waals surface area contributed by atoms with Crippen LogP contribution in [0, 0.1) is 0 Å². The first-order chi connectivity index (χ1) is 20.3. The summed E-state index contributed by atoms with van der Waals surface area (Å²) in [5, 5.41) is 10.1. The standard InChI is InChI=1S/C38H23NOSe/c1-2-10-27(11-3-1)39(28-16-14-24-15-18-31-30-12-6-7-13-37(30)41-38(31)32(24)22-28)29-17-19-35-34(23-29)33-20-25-8-4-5-9-26(25)21-36(33)40-35/h1-23H. The van der Waals surface area contributed by atoms with Crippen molar-refractivity contribution < 1.29 is 4.42 Å². The molecular formula is C38H23NOSe. The first kappa shape index (κ1) is 22.9. The van der Waals surface area contributed by atoms with Gasteiger partial charge in [-0.1, -0.05) is 18.2 Å². The Morgan fingerprint density at radius 1 is 0.415 bits per heavy atom. The summed E-state index contributed by atoms with van der Waals surface area (Å²) in [7, 11) is 0. The zero-order valence-corrected chi connectivity index (χ0v) is 23.8. The van der Waals surface area contributed by atoms with E-state index in [4.69, 9.17) is 4.42 Å². The molecule has 0 amide bonds. The van der Waals surface area contributed by atoms with E-state index < -0.39 is 0 Å². The molecule has 0 aliphatic carbocycles. The first-order valence-corrected chi connectivity index (χ1v) is 15.6. The van der Waals surface area contributed by atoms with E-state index in [0.717, 1.165) is 39.0 Å². The van der Waals surface area contributed by atoms with Crippen LogP contribution in [0.2, 0.25) is 0 Å². The van der Waals surface area contributed by atoms with E-state index in [-0.39, 0.29) is 0 Å². The number of anilines is 3. The van der Waals surface area contributed by atoms with Crippen LogP contribution in [0.3, 0.4) is 0 Å². The molecule has 9 aromatic rings. The number of para-hydroxylation sites is 1. The van der Waals surface area contributed by atoms with E-state index >= 15 is 0 Å². The molecule has 192 valence electrons. The number of rotatable bonds is 3. The van der Waals surface area contributed by atoms with E-state index in [0.29, 0.717) is 14.5 Å². The van der Waals surface area contributed by atoms with Crippen LogP contribution in [0.4, 0.5) is 17.1 Å². The van der Waals surface area contributed by atoms with Gasteiger partial charge in [0.2, 0.25) is 0 Å². The fourth-order valence-electron chi connectivity index (χ4n) is 6.24. The molecule has 9 rings (SSSR count). The molecular weight excluding hydrogens is 565 g/mol. The summed E-state index contributed by atoms with van der Waals surface area (Å²) in [6.45, 7) is 0. The summed E-state index contributed by atoms with van der Waals surface area (Å²) in [4.78, 5) is 2.37. The third kappa shape index (κ3) is 3.57. The Morgan fingerprint density at radius 3 is 1.98 bits per heavy atom. The number of furan rings is 1. The Morgan fingerprint density at radius 2 is 1.10 bits per heavy atom. The molecule has 0 saturated heterocycles. The Labute approximate surface area is 242 Å². The van der Waals surface area contributed by atoms with Crippen molar-refractivity contribution in [2.45, 2.75) is 0 Å². The second kappa shape index (κ2) is 8.84. The summed E-state index contributed by atoms with van der Waals surface area (Å²) in [6, 6.07) is 50.5. The van der Waals surface area contributed by atoms with Crippen LogP contribution in [-0.2, 0) is 0 Å². The summed E-state index contributed by atoms with van der Waals surface area (Å²) in [6.07, 6.45) is 0. The predicted octanol–water partition coefficient (Wildman–Crippen LogP) is 10.7. The number of hydrogen-bond donors (Lipinski definition) is 0. The summed E-state index contributed by atoms with van der Waals surface area (Å²) < 4.78 is 9.28. The summed E-state index contributed by atoms with van der Waals surface area (Å²) >= 11 is 0.291. The first-order valence-electron chi connectivity index (χ1n) is 13.8. The van der Waals surface area contributed by atoms with Crippen molar-refractivity contribution in [1.82, 2.24) is 0 Å². The van der Waals surface area contributed by atoms with Crippen LogP contribution in [0.15, 0.2) is 144 Å². The zero-order chi connectivity index (χ0) is 26.9. The van der Waals surface area contributed by atoms with Crippen LogP contribution < -0.4 is 4.90 Å². The molecule has 2 nitrogen and oxygen atoms in total. The van der Waals surface area contributed by atoms with E-state index in [1.807, 2.05) is 0 Å². The van der Waals surface area contributed by atoms with Gasteiger partial charge in [0.1, 0.15) is 0 Å². The van der Waals surface area contributed by atoms with Crippen LogP contribution in [0.25, 0.3) is 62.8 Å². The van der Waals surface area contributed by atoms with Gasteiger partial charge in [0, 0.05) is 0 Å². The van der Waals surface area contributed by atoms with Gasteiger partial charge < -0.3 is 0 Å². The van der Waals surface area contributed by atoms with Crippen molar-refractivity contribution in [3.63, 3.8) is 0 Å². The van der Waals surface area contributed by atoms with Gasteiger partial charge in [-0.3, -0.25) is 0 Å². The quantitative estimate of drug-likeness (QED) is 0.191. The number of hydrogen-bond acceptors (Lipinski definition) is 2. The second-order valence-corrected chi connectivity index (χ2v) is 12.8. The summed E-state index contributed by atoms with van der Waals surface area (Å²) in [5.74, 6) is 0. The average molecular weight is 589 g/mol. The summed E-state index contributed by atoms with van der Waals surface area (Å²) in [5.41, 5.74) is 5.22. The molecule has 0 bridgehead atoms. The molecule has 0 saturated carbocycles. The maximum absolute atomic E-state index is 6.33. The van der Waals surface area contributed by atoms with Crippen molar-refractivity contribution in [2.24, 2.45) is 0 Å². The topological polar surface area (TPSA) is 16.4 Å². The molecule has 0 spiro atoms. The van der Waals surface area contributed by atoms with E-state index in [1.165, 1.54) is 40.8 Å². The third-order valence-electron chi connectivity index (χ3n) is 8.20. The van der Waals surface area contributed by atoms with Crippen LogP contribution >= 0.6 is 0 Å². The van der Waals surface area contributed by atoms with Crippen LogP contribution in [-0.4, -0.2) is 14.5 Å². The fraction of sp³-hybridized carbons (Fsp3) is 0. The molecule has 0 radical (unpaired) electrons. The molecule has 0 aliphatic rings. The Balaban J connectivity index is 1.29. The van der Waals surface area contributed by atoms with E-state index in [1.54, 1.807) is 0 Å². The van der Waals surface area contributed by atoms with Crippen molar-refractivity contribution in [1.29, 1.82) is 0 Å². The minimum atomic E-state index is 0.291. The fourth-order valence-corrected chi connectivity index (χ4v) is 8.82. The third-order valence-corrected chi connectivity index (χ3v) is 10.8. The number of nitrogens with zero attached hydrogens (tertiary/aromatic N) is 1. The Hall–Kier alpha value is -4.82. The SMILES string of the molecule is c1ccc(N(c2ccc3oc4cc5ccccc5cc4c3c2)c2ccc3ccc4c5ccccc5[se]c4c3c2)cc1. The Bertz CT molecular complexity index is 2430. The molecule has 0 fully saturated rings. The van der Waals surface area contributed by atoms with E-state index in [9.17, 15) is 0 Å². The minimum absolute atomic E-state index is 0.291. The normalized spacial score (nSPS) is 11.9. The molecule has 0 N–H and O–H groups in total. The van der Waals surface area contributed by atoms with Crippen molar-refractivity contribution in [3.8, 4) is 0 Å². The molecule has 2 aromatic heterocycles. The van der Waals surface area contributed by atoms with Gasteiger partial charge in [-0.25, -0.2) is 0 Å². The van der Waals surface area contributed by atoms with Gasteiger partial charge in [0.25, 0.3) is 0 Å². The van der Waals surface area contributed by atoms with Crippen molar-refractivity contribution in [2.75, 3.05) is 4.90 Å². The molecule has 7 aromatic carbocycles. The van der Waals surface area contributed by atoms with Gasteiger partial charge in [0.05, 0.1) is 0 Å². The zero-order valence-electron chi connectivity index (χ0n) is 22.0. The molecule has 0 atom stereocenters. The van der Waals surface area contributed by atoms with Crippen molar-refractivity contribution in [3.05, 3.63) is 140 Å². The molecule has 41 heavy (non-hydrogen) atoms. The molecule has 0 aliphatic heterocycles. The van der Waals surface area contributed by atoms with Gasteiger partial charge in [-0.15, -0.1) is 0 Å². The number of benzene rings is 7. The van der Waals surface area contributed by atoms with Gasteiger partial charge in [0.15, 0.2) is 0 Å². The number of fused-ring (bicyclic) bond motifs is 9. The van der Waals surface area contributed by atoms with Gasteiger partial charge >= 0.3 is 225 Å². The van der Waals surface area contributed by atoms with Crippen LogP contribution in [0.5, 0.6) is 0 Å². The van der Waals surface area contributed by atoms with Gasteiger partial charge in [-0.2, -0.15) is 0 Å². The molecule has 0 unspecified atom stereocenters. The van der Waals surface area contributed by atoms with Gasteiger partial charge in [-0.05, 0) is 0 Å². The average Bonchev–Trinajstić information content (AvgIpc) is 3.58. The molecule has 2 heterocycles. The van der Waals surface area contributed by atoms with Crippen LogP contribution in [0.1, 0.15) is 0 Å². The van der Waals surface area contributed by atoms with Crippen molar-refractivity contribution >= 4 is 94.3 Å². The second-order valence-electron chi connectivity index (χ2n) is 10.6. The monoisotopic (exact) mass is 589 g/mol. The predicted molar refractivity (Wildman–Crippen MR) is 175 cm³/mol.